The Bertz CT molecular complexity index is 1870. The van der Waals surface area contributed by atoms with Gasteiger partial charge in [0.15, 0.2) is 11.0 Å². The molecule has 1 amide bonds. The number of rotatable bonds is 7. The number of hydrogen-bond donors (Lipinski definition) is 0. The Morgan fingerprint density at radius 3 is 2.53 bits per heavy atom. The van der Waals surface area contributed by atoms with Gasteiger partial charge in [-0.1, -0.05) is 70.1 Å². The maximum absolute atomic E-state index is 12.6. The predicted molar refractivity (Wildman–Crippen MR) is 213 cm³/mol. The lowest BCUT2D eigenvalue weighted by atomic mass is 10.0. The molecule has 2 aromatic carbocycles. The van der Waals surface area contributed by atoms with Crippen LogP contribution in [0.1, 0.15) is 63.8 Å². The lowest BCUT2D eigenvalue weighted by Gasteiger charge is -2.39. The molecule has 14 nitrogen and oxygen atoms in total. The fraction of sp³-hybridized carbons (Fsp3) is 0.486. The first kappa shape index (κ1) is 40.5. The Kier molecular flexibility index (Phi) is 14.6. The predicted octanol–water partition coefficient (Wildman–Crippen LogP) is 7.52. The van der Waals surface area contributed by atoms with Gasteiger partial charge in [-0.25, -0.2) is 4.79 Å². The molecule has 2 aromatic heterocycles. The molecule has 284 valence electrons. The second-order valence-electron chi connectivity index (χ2n) is 13.2. The summed E-state index contributed by atoms with van der Waals surface area (Å²) < 4.78 is 11.1. The first-order chi connectivity index (χ1) is 25.5. The summed E-state index contributed by atoms with van der Waals surface area (Å²) >= 11 is 15.4. The Hall–Kier alpha value is -3.70. The third-order valence-electron chi connectivity index (χ3n) is 8.26. The van der Waals surface area contributed by atoms with Gasteiger partial charge in [0, 0.05) is 55.9 Å². The third kappa shape index (κ3) is 11.2. The monoisotopic (exact) mass is 801 g/mol. The standard InChI is InChI=1S/C20H26ClN5O3S.C15H19ClN6S/c1-20(2,3)28-19(27)25-8-9-26(13-30-12-22-4)16(11-25)18-23-17(24-29-18)14-6-5-7-15(21)10-14;1-17-15(23-2)21-9-4-3-8-13(21)14-18-20-22(19-14)12-7-5-6-11(16)10-12/h5-7,10,12,16H,8-9,11,13H2,1-4H3;5-7,10,13H,3-4,8-9H2,1-2H3/b22-12-;17-15-. The van der Waals surface area contributed by atoms with Gasteiger partial charge in [0.2, 0.25) is 11.7 Å². The van der Waals surface area contributed by atoms with Crippen molar-refractivity contribution in [2.75, 3.05) is 52.4 Å². The Morgan fingerprint density at radius 1 is 1.06 bits per heavy atom. The van der Waals surface area contributed by atoms with Crippen molar-refractivity contribution in [2.24, 2.45) is 9.98 Å². The molecule has 4 heterocycles. The van der Waals surface area contributed by atoms with E-state index in [1.54, 1.807) is 53.2 Å². The number of carbonyl (C=O) groups is 1. The summed E-state index contributed by atoms with van der Waals surface area (Å²) in [6.07, 6.45) is 5.05. The van der Waals surface area contributed by atoms with E-state index in [0.29, 0.717) is 47.3 Å². The van der Waals surface area contributed by atoms with Crippen LogP contribution < -0.4 is 0 Å². The van der Waals surface area contributed by atoms with Gasteiger partial charge in [-0.3, -0.25) is 14.9 Å². The van der Waals surface area contributed by atoms with Gasteiger partial charge in [-0.15, -0.1) is 15.0 Å². The van der Waals surface area contributed by atoms with Crippen LogP contribution in [0.25, 0.3) is 17.1 Å². The second kappa shape index (κ2) is 19.1. The van der Waals surface area contributed by atoms with E-state index in [9.17, 15) is 4.79 Å². The van der Waals surface area contributed by atoms with Gasteiger partial charge in [0.1, 0.15) is 11.6 Å². The highest BCUT2D eigenvalue weighted by Gasteiger charge is 2.36. The third-order valence-corrected chi connectivity index (χ3v) is 10.4. The van der Waals surface area contributed by atoms with Crippen molar-refractivity contribution < 1.29 is 14.1 Å². The maximum Gasteiger partial charge on any atom is 0.410 e. The summed E-state index contributed by atoms with van der Waals surface area (Å²) in [6, 6.07) is 14.6. The lowest BCUT2D eigenvalue weighted by molar-refractivity contribution is 0.00305. The number of halogens is 2. The van der Waals surface area contributed by atoms with Crippen molar-refractivity contribution in [1.82, 2.24) is 45.0 Å². The molecular formula is C35H45Cl2N11O3S2. The number of ether oxygens (including phenoxy) is 1. The first-order valence-corrected chi connectivity index (χ1v) is 20.2. The molecule has 0 bridgehead atoms. The molecule has 0 saturated carbocycles. The van der Waals surface area contributed by atoms with Gasteiger partial charge in [-0.05, 0) is 81.8 Å². The fourth-order valence-electron chi connectivity index (χ4n) is 5.85. The molecule has 2 aliphatic heterocycles. The topological polar surface area (TPSA) is 143 Å². The average molecular weight is 803 g/mol. The van der Waals surface area contributed by atoms with Crippen LogP contribution in [0, 0.1) is 0 Å². The smallest absolute Gasteiger partial charge is 0.410 e. The zero-order chi connectivity index (χ0) is 38.0. The van der Waals surface area contributed by atoms with Gasteiger partial charge in [0.25, 0.3) is 0 Å². The van der Waals surface area contributed by atoms with Gasteiger partial charge >= 0.3 is 6.09 Å². The normalized spacial score (nSPS) is 18.6. The molecule has 0 spiro atoms. The van der Waals surface area contributed by atoms with Gasteiger partial charge in [-0.2, -0.15) is 4.98 Å². The number of aliphatic imine (C=N–C) groups is 2. The highest BCUT2D eigenvalue weighted by molar-refractivity contribution is 8.13. The van der Waals surface area contributed by atoms with Crippen molar-refractivity contribution >= 4 is 63.5 Å². The van der Waals surface area contributed by atoms with Crippen molar-refractivity contribution in [1.29, 1.82) is 0 Å². The van der Waals surface area contributed by atoms with Crippen LogP contribution >= 0.6 is 46.7 Å². The van der Waals surface area contributed by atoms with E-state index in [1.807, 2.05) is 70.5 Å². The molecule has 53 heavy (non-hydrogen) atoms. The molecule has 4 aromatic rings. The van der Waals surface area contributed by atoms with Crippen LogP contribution in [0.2, 0.25) is 10.0 Å². The second-order valence-corrected chi connectivity index (χ2v) is 15.7. The zero-order valence-electron chi connectivity index (χ0n) is 30.7. The molecule has 2 atom stereocenters. The minimum atomic E-state index is -0.554. The van der Waals surface area contributed by atoms with Crippen molar-refractivity contribution in [3.8, 4) is 17.1 Å². The molecule has 2 unspecified atom stereocenters. The number of tetrazole rings is 1. The molecule has 0 aliphatic carbocycles. The summed E-state index contributed by atoms with van der Waals surface area (Å²) in [5, 5.41) is 19.5. The zero-order valence-corrected chi connectivity index (χ0v) is 33.9. The van der Waals surface area contributed by atoms with Crippen LogP contribution in [0.4, 0.5) is 4.79 Å². The van der Waals surface area contributed by atoms with E-state index in [2.05, 4.69) is 45.3 Å². The maximum atomic E-state index is 12.6. The molecule has 18 heteroatoms. The summed E-state index contributed by atoms with van der Waals surface area (Å²) in [4.78, 5) is 33.3. The van der Waals surface area contributed by atoms with Crippen LogP contribution in [-0.2, 0) is 4.74 Å². The quantitative estimate of drug-likeness (QED) is 0.135. The van der Waals surface area contributed by atoms with Crippen molar-refractivity contribution in [2.45, 2.75) is 57.7 Å². The summed E-state index contributed by atoms with van der Waals surface area (Å²) in [5.41, 5.74) is 2.83. The van der Waals surface area contributed by atoms with Crippen LogP contribution in [0.3, 0.4) is 0 Å². The number of piperazine rings is 1. The van der Waals surface area contributed by atoms with Gasteiger partial charge < -0.3 is 19.1 Å². The van der Waals surface area contributed by atoms with Crippen molar-refractivity contribution in [3.05, 3.63) is 70.3 Å². The molecule has 0 radical (unpaired) electrons. The number of benzene rings is 2. The number of thioether (sulfide) groups is 2. The number of likely N-dealkylation sites (tertiary alicyclic amines) is 1. The number of hydrogen-bond acceptors (Lipinski definition) is 13. The van der Waals surface area contributed by atoms with Crippen LogP contribution in [-0.4, -0.2) is 120 Å². The number of amides is 1. The average Bonchev–Trinajstić information content (AvgIpc) is 3.84. The molecule has 2 fully saturated rings. The van der Waals surface area contributed by atoms with Crippen LogP contribution in [0.15, 0.2) is 63.0 Å². The SMILES string of the molecule is C/N=C(\SC)N1CCCCC1c1nnn(-c2cccc(Cl)c2)n1.C/N=C\SCN1CCN(C(=O)OC(C)(C)C)CC1c1nc(-c2cccc(Cl)c2)no1. The number of amidine groups is 1. The summed E-state index contributed by atoms with van der Waals surface area (Å²) in [7, 11) is 3.56. The van der Waals surface area contributed by atoms with E-state index in [-0.39, 0.29) is 18.2 Å². The number of piperidine rings is 1. The van der Waals surface area contributed by atoms with Crippen LogP contribution in [0.5, 0.6) is 0 Å². The molecule has 2 aliphatic rings. The van der Waals surface area contributed by atoms with Gasteiger partial charge in [0.05, 0.1) is 23.2 Å². The summed E-state index contributed by atoms with van der Waals surface area (Å²) in [5.74, 6) is 2.34. The van der Waals surface area contributed by atoms with E-state index < -0.39 is 5.60 Å². The molecule has 2 saturated heterocycles. The van der Waals surface area contributed by atoms with E-state index in [4.69, 9.17) is 32.5 Å². The Balaban J connectivity index is 0.000000211. The minimum Gasteiger partial charge on any atom is -0.444 e. The number of nitrogens with zero attached hydrogens (tertiary/aromatic N) is 11. The van der Waals surface area contributed by atoms with Crippen molar-refractivity contribution in [3.63, 3.8) is 0 Å². The number of aromatic nitrogens is 6. The fourth-order valence-corrected chi connectivity index (χ4v) is 7.58. The highest BCUT2D eigenvalue weighted by Crippen LogP contribution is 2.32. The molecule has 6 rings (SSSR count). The van der Waals surface area contributed by atoms with E-state index in [1.165, 1.54) is 11.2 Å². The number of carbonyl (C=O) groups excluding carboxylic acids is 1. The largest absolute Gasteiger partial charge is 0.444 e. The Labute approximate surface area is 328 Å². The summed E-state index contributed by atoms with van der Waals surface area (Å²) in [6.45, 7) is 8.16. The van der Waals surface area contributed by atoms with E-state index >= 15 is 0 Å². The molecule has 0 N–H and O–H groups in total. The molecular weight excluding hydrogens is 757 g/mol. The first-order valence-electron chi connectivity index (χ1n) is 17.2. The van der Waals surface area contributed by atoms with E-state index in [0.717, 1.165) is 41.6 Å². The highest BCUT2D eigenvalue weighted by atomic mass is 35.5. The lowest BCUT2D eigenvalue weighted by Crippen LogP contribution is -2.51. The minimum absolute atomic E-state index is 0.128. The Morgan fingerprint density at radius 2 is 1.83 bits per heavy atom.